The molecule has 1 atom stereocenters. The Morgan fingerprint density at radius 1 is 1.31 bits per heavy atom. The van der Waals surface area contributed by atoms with Crippen LogP contribution in [0, 0.1) is 0 Å². The van der Waals surface area contributed by atoms with E-state index in [0.29, 0.717) is 0 Å². The number of esters is 1. The summed E-state index contributed by atoms with van der Waals surface area (Å²) in [5.74, 6) is -0.323. The third-order valence-corrected chi connectivity index (χ3v) is 2.54. The number of alkyl halides is 1. The van der Waals surface area contributed by atoms with Crippen molar-refractivity contribution < 1.29 is 9.53 Å². The van der Waals surface area contributed by atoms with Gasteiger partial charge in [-0.25, -0.2) is 0 Å². The van der Waals surface area contributed by atoms with Gasteiger partial charge in [-0.15, -0.1) is 0 Å². The van der Waals surface area contributed by atoms with Crippen molar-refractivity contribution in [2.24, 2.45) is 0 Å². The first-order valence-corrected chi connectivity index (χ1v) is 6.60. The molecule has 3 heteroatoms. The van der Waals surface area contributed by atoms with Crippen molar-refractivity contribution in [1.29, 1.82) is 0 Å². The number of rotatable bonds is 4. The van der Waals surface area contributed by atoms with Crippen LogP contribution in [0.25, 0.3) is 0 Å². The molecule has 0 aliphatic heterocycles. The lowest BCUT2D eigenvalue weighted by atomic mass is 9.97. The van der Waals surface area contributed by atoms with Crippen molar-refractivity contribution in [2.45, 2.75) is 26.2 Å². The van der Waals surface area contributed by atoms with Crippen LogP contribution in [-0.4, -0.2) is 18.4 Å². The summed E-state index contributed by atoms with van der Waals surface area (Å²) >= 11 is 3.34. The van der Waals surface area contributed by atoms with E-state index in [9.17, 15) is 4.79 Å². The predicted octanol–water partition coefficient (Wildman–Crippen LogP) is 3.75. The van der Waals surface area contributed by atoms with Gasteiger partial charge in [0.2, 0.25) is 0 Å². The molecule has 0 amide bonds. The second-order valence-electron chi connectivity index (χ2n) is 2.96. The number of carbonyl (C=O) groups excluding carboxylic acids is 1. The average Bonchev–Trinajstić information content (AvgIpc) is 2.38. The molecule has 0 bridgehead atoms. The van der Waals surface area contributed by atoms with Crippen molar-refractivity contribution in [1.82, 2.24) is 0 Å². The number of ether oxygens (including phenoxy) is 1. The Kier molecular flexibility index (Phi) is 8.91. The third kappa shape index (κ3) is 4.79. The summed E-state index contributed by atoms with van der Waals surface area (Å²) in [6.07, 6.45) is 0.761. The number of halogens is 1. The van der Waals surface area contributed by atoms with Crippen LogP contribution < -0.4 is 0 Å². The Balaban J connectivity index is 0.00000106. The molecular formula is C13H19BrO2. The Labute approximate surface area is 106 Å². The van der Waals surface area contributed by atoms with Crippen LogP contribution in [0.2, 0.25) is 0 Å². The van der Waals surface area contributed by atoms with Gasteiger partial charge in [-0.1, -0.05) is 60.1 Å². The van der Waals surface area contributed by atoms with Gasteiger partial charge in [0.25, 0.3) is 0 Å². The maximum Gasteiger partial charge on any atom is 0.313 e. The van der Waals surface area contributed by atoms with Crippen LogP contribution in [0.4, 0.5) is 0 Å². The molecule has 0 fully saturated rings. The fourth-order valence-corrected chi connectivity index (χ4v) is 1.82. The number of hydrogen-bond donors (Lipinski definition) is 0. The molecule has 0 saturated carbocycles. The lowest BCUT2D eigenvalue weighted by molar-refractivity contribution is -0.142. The van der Waals surface area contributed by atoms with Crippen LogP contribution in [0.1, 0.15) is 31.7 Å². The van der Waals surface area contributed by atoms with Gasteiger partial charge in [0.05, 0.1) is 13.0 Å². The minimum Gasteiger partial charge on any atom is -0.469 e. The molecule has 2 nitrogen and oxygen atoms in total. The standard InChI is InChI=1S/C11H13BrO2.C2H6/c1-14-11(13)10(7-8-12)9-5-3-2-4-6-9;1-2/h2-6,10H,7-8H2,1H3;1-2H3. The monoisotopic (exact) mass is 286 g/mol. The summed E-state index contributed by atoms with van der Waals surface area (Å²) in [5, 5.41) is 0.793. The Hall–Kier alpha value is -0.830. The molecule has 0 spiro atoms. The number of benzene rings is 1. The molecule has 0 aliphatic carbocycles. The Bertz CT molecular complexity index is 285. The summed E-state index contributed by atoms with van der Waals surface area (Å²) in [6.45, 7) is 4.00. The van der Waals surface area contributed by atoms with E-state index in [2.05, 4.69) is 15.9 Å². The lowest BCUT2D eigenvalue weighted by Gasteiger charge is -2.13. The van der Waals surface area contributed by atoms with Gasteiger partial charge in [-0.2, -0.15) is 0 Å². The summed E-state index contributed by atoms with van der Waals surface area (Å²) in [6, 6.07) is 9.69. The number of hydrogen-bond acceptors (Lipinski definition) is 2. The minimum atomic E-state index is -0.171. The van der Waals surface area contributed by atoms with Crippen molar-refractivity contribution >= 4 is 21.9 Å². The summed E-state index contributed by atoms with van der Waals surface area (Å²) < 4.78 is 4.76. The highest BCUT2D eigenvalue weighted by molar-refractivity contribution is 9.09. The molecule has 0 saturated heterocycles. The van der Waals surface area contributed by atoms with Crippen LogP contribution in [0.15, 0.2) is 30.3 Å². The maximum absolute atomic E-state index is 11.5. The van der Waals surface area contributed by atoms with E-state index >= 15 is 0 Å². The highest BCUT2D eigenvalue weighted by Crippen LogP contribution is 2.21. The molecule has 0 aromatic heterocycles. The maximum atomic E-state index is 11.5. The van der Waals surface area contributed by atoms with E-state index in [1.165, 1.54) is 7.11 Å². The smallest absolute Gasteiger partial charge is 0.313 e. The number of methoxy groups -OCH3 is 1. The molecule has 0 radical (unpaired) electrons. The highest BCUT2D eigenvalue weighted by Gasteiger charge is 2.19. The Morgan fingerprint density at radius 2 is 1.88 bits per heavy atom. The fraction of sp³-hybridized carbons (Fsp3) is 0.462. The lowest BCUT2D eigenvalue weighted by Crippen LogP contribution is -2.14. The first-order chi connectivity index (χ1) is 7.79. The molecule has 0 heterocycles. The van der Waals surface area contributed by atoms with Gasteiger partial charge in [0, 0.05) is 5.33 Å². The van der Waals surface area contributed by atoms with Crippen LogP contribution in [0.3, 0.4) is 0 Å². The zero-order valence-electron chi connectivity index (χ0n) is 10.1. The van der Waals surface area contributed by atoms with Gasteiger partial charge in [-0.3, -0.25) is 4.79 Å². The van der Waals surface area contributed by atoms with E-state index in [1.807, 2.05) is 44.2 Å². The van der Waals surface area contributed by atoms with Crippen molar-refractivity contribution in [3.8, 4) is 0 Å². The van der Waals surface area contributed by atoms with Gasteiger partial charge < -0.3 is 4.74 Å². The van der Waals surface area contributed by atoms with E-state index in [0.717, 1.165) is 17.3 Å². The topological polar surface area (TPSA) is 26.3 Å². The van der Waals surface area contributed by atoms with Crippen LogP contribution >= 0.6 is 15.9 Å². The summed E-state index contributed by atoms with van der Waals surface area (Å²) in [7, 11) is 1.42. The van der Waals surface area contributed by atoms with Gasteiger partial charge >= 0.3 is 5.97 Å². The molecule has 1 rings (SSSR count). The number of carbonyl (C=O) groups is 1. The molecule has 1 aromatic rings. The van der Waals surface area contributed by atoms with Crippen molar-refractivity contribution in [3.05, 3.63) is 35.9 Å². The zero-order valence-corrected chi connectivity index (χ0v) is 11.7. The van der Waals surface area contributed by atoms with Gasteiger partial charge in [0.15, 0.2) is 0 Å². The largest absolute Gasteiger partial charge is 0.469 e. The second kappa shape index (κ2) is 9.40. The molecule has 0 aliphatic rings. The summed E-state index contributed by atoms with van der Waals surface area (Å²) in [5.41, 5.74) is 1.01. The second-order valence-corrected chi connectivity index (χ2v) is 3.76. The summed E-state index contributed by atoms with van der Waals surface area (Å²) in [4.78, 5) is 11.5. The van der Waals surface area contributed by atoms with E-state index in [4.69, 9.17) is 4.74 Å². The van der Waals surface area contributed by atoms with Crippen molar-refractivity contribution in [3.63, 3.8) is 0 Å². The third-order valence-electron chi connectivity index (χ3n) is 2.09. The van der Waals surface area contributed by atoms with E-state index in [-0.39, 0.29) is 11.9 Å². The molecule has 1 unspecified atom stereocenters. The fourth-order valence-electron chi connectivity index (χ4n) is 1.36. The first-order valence-electron chi connectivity index (χ1n) is 5.48. The predicted molar refractivity (Wildman–Crippen MR) is 71.0 cm³/mol. The molecule has 16 heavy (non-hydrogen) atoms. The quantitative estimate of drug-likeness (QED) is 0.622. The molecular weight excluding hydrogens is 268 g/mol. The molecule has 90 valence electrons. The van der Waals surface area contributed by atoms with Gasteiger partial charge in [-0.05, 0) is 12.0 Å². The van der Waals surface area contributed by atoms with E-state index < -0.39 is 0 Å². The van der Waals surface area contributed by atoms with Crippen LogP contribution in [0.5, 0.6) is 0 Å². The average molecular weight is 287 g/mol. The normalized spacial score (nSPS) is 11.0. The zero-order chi connectivity index (χ0) is 12.4. The van der Waals surface area contributed by atoms with E-state index in [1.54, 1.807) is 0 Å². The van der Waals surface area contributed by atoms with Gasteiger partial charge in [0.1, 0.15) is 0 Å². The van der Waals surface area contributed by atoms with Crippen molar-refractivity contribution in [2.75, 3.05) is 12.4 Å². The SMILES string of the molecule is CC.COC(=O)C(CCBr)c1ccccc1. The highest BCUT2D eigenvalue weighted by atomic mass is 79.9. The molecule has 1 aromatic carbocycles. The van der Waals surface area contributed by atoms with Crippen LogP contribution in [-0.2, 0) is 9.53 Å². The molecule has 0 N–H and O–H groups in total. The minimum absolute atomic E-state index is 0.152. The first kappa shape index (κ1) is 15.2. The Morgan fingerprint density at radius 3 is 2.31 bits per heavy atom.